The predicted octanol–water partition coefficient (Wildman–Crippen LogP) is 0.215. The van der Waals surface area contributed by atoms with Crippen molar-refractivity contribution in [1.29, 1.82) is 0 Å². The zero-order valence-corrected chi connectivity index (χ0v) is 11.7. The van der Waals surface area contributed by atoms with Gasteiger partial charge >= 0.3 is 0 Å². The molecule has 1 aliphatic rings. The lowest BCUT2D eigenvalue weighted by atomic mass is 10.1. The van der Waals surface area contributed by atoms with E-state index in [4.69, 9.17) is 9.47 Å². The summed E-state index contributed by atoms with van der Waals surface area (Å²) < 4.78 is 10.4. The van der Waals surface area contributed by atoms with Crippen molar-refractivity contribution in [3.05, 3.63) is 23.8 Å². The van der Waals surface area contributed by atoms with Crippen LogP contribution in [0.25, 0.3) is 0 Å². The molecule has 2 rings (SSSR count). The molecule has 2 unspecified atom stereocenters. The summed E-state index contributed by atoms with van der Waals surface area (Å²) >= 11 is 0. The van der Waals surface area contributed by atoms with Gasteiger partial charge in [0.05, 0.1) is 20.3 Å². The third-order valence-electron chi connectivity index (χ3n) is 3.37. The number of nitrogens with one attached hydrogen (secondary N) is 2. The topological polar surface area (TPSA) is 79.8 Å². The van der Waals surface area contributed by atoms with Gasteiger partial charge in [-0.05, 0) is 18.2 Å². The first-order valence-corrected chi connectivity index (χ1v) is 6.54. The van der Waals surface area contributed by atoms with E-state index in [0.717, 1.165) is 0 Å². The lowest BCUT2D eigenvalue weighted by Crippen LogP contribution is -2.34. The van der Waals surface area contributed by atoms with Crippen LogP contribution in [0.2, 0.25) is 0 Å². The Bertz CT molecular complexity index is 478. The van der Waals surface area contributed by atoms with Gasteiger partial charge in [-0.2, -0.15) is 0 Å². The van der Waals surface area contributed by atoms with Crippen LogP contribution in [0.15, 0.2) is 18.2 Å². The summed E-state index contributed by atoms with van der Waals surface area (Å²) in [5.41, 5.74) is 0.664. The summed E-state index contributed by atoms with van der Waals surface area (Å²) in [6, 6.07) is 5.36. The van der Waals surface area contributed by atoms with Gasteiger partial charge in [-0.1, -0.05) is 0 Å². The smallest absolute Gasteiger partial charge is 0.221 e. The summed E-state index contributed by atoms with van der Waals surface area (Å²) in [4.78, 5) is 11.1. The van der Waals surface area contributed by atoms with E-state index in [1.54, 1.807) is 32.4 Å². The van der Waals surface area contributed by atoms with E-state index in [1.165, 1.54) is 0 Å². The molecule has 1 aromatic carbocycles. The number of amides is 1. The maximum atomic E-state index is 11.1. The minimum Gasteiger partial charge on any atom is -0.497 e. The fourth-order valence-corrected chi connectivity index (χ4v) is 2.24. The van der Waals surface area contributed by atoms with Crippen LogP contribution in [0.4, 0.5) is 0 Å². The van der Waals surface area contributed by atoms with E-state index in [2.05, 4.69) is 10.6 Å². The minimum atomic E-state index is -0.726. The highest BCUT2D eigenvalue weighted by Crippen LogP contribution is 2.29. The van der Waals surface area contributed by atoms with Gasteiger partial charge in [-0.15, -0.1) is 0 Å². The maximum Gasteiger partial charge on any atom is 0.221 e. The number of carbonyl (C=O) groups is 1. The molecular formula is C14H20N2O4. The Balaban J connectivity index is 2.00. The van der Waals surface area contributed by atoms with E-state index in [-0.39, 0.29) is 11.9 Å². The third-order valence-corrected chi connectivity index (χ3v) is 3.37. The molecule has 0 aromatic heterocycles. The molecular weight excluding hydrogens is 260 g/mol. The van der Waals surface area contributed by atoms with Crippen molar-refractivity contribution in [1.82, 2.24) is 10.6 Å². The molecule has 2 atom stereocenters. The molecule has 20 heavy (non-hydrogen) atoms. The van der Waals surface area contributed by atoms with Gasteiger partial charge in [0.2, 0.25) is 5.91 Å². The number of aliphatic hydroxyl groups excluding tert-OH is 1. The van der Waals surface area contributed by atoms with Crippen LogP contribution in [-0.2, 0) is 4.79 Å². The number of ether oxygens (including phenoxy) is 2. The van der Waals surface area contributed by atoms with Gasteiger partial charge in [-0.3, -0.25) is 4.79 Å². The van der Waals surface area contributed by atoms with Crippen LogP contribution in [0.1, 0.15) is 18.1 Å². The Morgan fingerprint density at radius 1 is 1.45 bits per heavy atom. The second-order valence-corrected chi connectivity index (χ2v) is 4.74. The number of carbonyl (C=O) groups excluding carboxylic acids is 1. The number of benzene rings is 1. The summed E-state index contributed by atoms with van der Waals surface area (Å²) in [6.45, 7) is 0.948. The Morgan fingerprint density at radius 3 is 2.85 bits per heavy atom. The fourth-order valence-electron chi connectivity index (χ4n) is 2.24. The van der Waals surface area contributed by atoms with Gasteiger partial charge in [-0.25, -0.2) is 0 Å². The van der Waals surface area contributed by atoms with Crippen LogP contribution in [-0.4, -0.2) is 44.4 Å². The molecule has 1 amide bonds. The highest BCUT2D eigenvalue weighted by atomic mass is 16.5. The summed E-state index contributed by atoms with van der Waals surface area (Å²) in [5.74, 6) is 1.31. The van der Waals surface area contributed by atoms with Crippen LogP contribution in [0, 0.1) is 0 Å². The van der Waals surface area contributed by atoms with Crippen molar-refractivity contribution in [2.75, 3.05) is 27.3 Å². The van der Waals surface area contributed by atoms with Gasteiger partial charge in [0.25, 0.3) is 0 Å². The van der Waals surface area contributed by atoms with Crippen molar-refractivity contribution < 1.29 is 19.4 Å². The van der Waals surface area contributed by atoms with Crippen molar-refractivity contribution >= 4 is 5.91 Å². The lowest BCUT2D eigenvalue weighted by molar-refractivity contribution is -0.119. The molecule has 1 fully saturated rings. The number of hydrogen-bond donors (Lipinski definition) is 3. The Morgan fingerprint density at radius 2 is 2.25 bits per heavy atom. The molecule has 6 heteroatoms. The average molecular weight is 280 g/mol. The first-order chi connectivity index (χ1) is 9.63. The number of aliphatic hydroxyl groups is 1. The Labute approximate surface area is 118 Å². The molecule has 1 aliphatic heterocycles. The van der Waals surface area contributed by atoms with Crippen LogP contribution in [0.5, 0.6) is 11.5 Å². The second-order valence-electron chi connectivity index (χ2n) is 4.74. The van der Waals surface area contributed by atoms with Gasteiger partial charge < -0.3 is 25.2 Å². The molecule has 0 aliphatic carbocycles. The van der Waals surface area contributed by atoms with Crippen LogP contribution < -0.4 is 20.1 Å². The monoisotopic (exact) mass is 280 g/mol. The quantitative estimate of drug-likeness (QED) is 0.694. The lowest BCUT2D eigenvalue weighted by Gasteiger charge is -2.18. The molecule has 1 heterocycles. The average Bonchev–Trinajstić information content (AvgIpc) is 2.89. The summed E-state index contributed by atoms with van der Waals surface area (Å²) in [5, 5.41) is 16.2. The predicted molar refractivity (Wildman–Crippen MR) is 73.9 cm³/mol. The van der Waals surface area contributed by atoms with E-state index < -0.39 is 6.10 Å². The van der Waals surface area contributed by atoms with E-state index in [1.807, 2.05) is 0 Å². The van der Waals surface area contributed by atoms with Gasteiger partial charge in [0.15, 0.2) is 0 Å². The molecule has 0 spiro atoms. The SMILES string of the molecule is COc1ccc(OC)c(C(O)CNC2CNC(=O)C2)c1. The second kappa shape index (κ2) is 6.58. The highest BCUT2D eigenvalue weighted by molar-refractivity contribution is 5.78. The third kappa shape index (κ3) is 3.40. The first kappa shape index (κ1) is 14.6. The zero-order valence-electron chi connectivity index (χ0n) is 11.7. The summed E-state index contributed by atoms with van der Waals surface area (Å²) in [6.07, 6.45) is -0.280. The van der Waals surface area contributed by atoms with E-state index in [0.29, 0.717) is 36.6 Å². The van der Waals surface area contributed by atoms with Gasteiger partial charge in [0, 0.05) is 31.1 Å². The van der Waals surface area contributed by atoms with Crippen molar-refractivity contribution in [3.8, 4) is 11.5 Å². The molecule has 1 saturated heterocycles. The van der Waals surface area contributed by atoms with Crippen LogP contribution in [0.3, 0.4) is 0 Å². The molecule has 0 saturated carbocycles. The molecule has 3 N–H and O–H groups in total. The maximum absolute atomic E-state index is 11.1. The Kier molecular flexibility index (Phi) is 4.81. The van der Waals surface area contributed by atoms with Crippen molar-refractivity contribution in [2.45, 2.75) is 18.6 Å². The van der Waals surface area contributed by atoms with Crippen LogP contribution >= 0.6 is 0 Å². The van der Waals surface area contributed by atoms with Crippen molar-refractivity contribution in [3.63, 3.8) is 0 Å². The first-order valence-electron chi connectivity index (χ1n) is 6.54. The largest absolute Gasteiger partial charge is 0.497 e. The van der Waals surface area contributed by atoms with E-state index in [9.17, 15) is 9.90 Å². The standard InChI is InChI=1S/C14H20N2O4/c1-19-10-3-4-13(20-2)11(6-10)12(17)8-15-9-5-14(18)16-7-9/h3-4,6,9,12,15,17H,5,7-8H2,1-2H3,(H,16,18). The zero-order chi connectivity index (χ0) is 14.5. The molecule has 6 nitrogen and oxygen atoms in total. The van der Waals surface area contributed by atoms with E-state index >= 15 is 0 Å². The normalized spacial score (nSPS) is 19.6. The summed E-state index contributed by atoms with van der Waals surface area (Å²) in [7, 11) is 3.14. The van der Waals surface area contributed by atoms with Gasteiger partial charge in [0.1, 0.15) is 11.5 Å². The molecule has 0 bridgehead atoms. The minimum absolute atomic E-state index is 0.0379. The molecule has 0 radical (unpaired) electrons. The Hall–Kier alpha value is -1.79. The number of rotatable bonds is 6. The fraction of sp³-hybridized carbons (Fsp3) is 0.500. The molecule has 110 valence electrons. The highest BCUT2D eigenvalue weighted by Gasteiger charge is 2.22. The molecule has 1 aromatic rings. The van der Waals surface area contributed by atoms with Crippen molar-refractivity contribution in [2.24, 2.45) is 0 Å². The number of hydrogen-bond acceptors (Lipinski definition) is 5. The number of methoxy groups -OCH3 is 2.